The van der Waals surface area contributed by atoms with Gasteiger partial charge in [0.05, 0.1) is 7.11 Å². The smallest absolute Gasteiger partial charge is 0.271 e. The molecule has 4 rings (SSSR count). The molecule has 5 heteroatoms. The molecule has 2 aromatic carbocycles. The Bertz CT molecular complexity index is 1170. The Labute approximate surface area is 176 Å². The highest BCUT2D eigenvalue weighted by atomic mass is 16.5. The molecule has 0 unspecified atom stereocenters. The van der Waals surface area contributed by atoms with Gasteiger partial charge in [-0.1, -0.05) is 30.3 Å². The van der Waals surface area contributed by atoms with Gasteiger partial charge in [-0.25, -0.2) is 4.98 Å². The van der Waals surface area contributed by atoms with Crippen LogP contribution in [0.1, 0.15) is 27.2 Å². The van der Waals surface area contributed by atoms with E-state index in [4.69, 9.17) is 4.74 Å². The highest BCUT2D eigenvalue weighted by Crippen LogP contribution is 2.30. The van der Waals surface area contributed by atoms with E-state index in [0.29, 0.717) is 12.2 Å². The number of nitrogens with zero attached hydrogens (tertiary/aromatic N) is 2. The molecule has 0 radical (unpaired) electrons. The fraction of sp³-hybridized carbons (Fsp3) is 0.200. The van der Waals surface area contributed by atoms with E-state index >= 15 is 0 Å². The quantitative estimate of drug-likeness (QED) is 0.516. The summed E-state index contributed by atoms with van der Waals surface area (Å²) in [5.41, 5.74) is 6.72. The van der Waals surface area contributed by atoms with Crippen molar-refractivity contribution >= 4 is 11.6 Å². The maximum absolute atomic E-state index is 12.5. The molecule has 0 spiro atoms. The number of benzene rings is 2. The van der Waals surface area contributed by atoms with Crippen molar-refractivity contribution in [3.63, 3.8) is 0 Å². The van der Waals surface area contributed by atoms with Crippen LogP contribution in [0.5, 0.6) is 5.75 Å². The summed E-state index contributed by atoms with van der Waals surface area (Å²) >= 11 is 0. The van der Waals surface area contributed by atoms with Gasteiger partial charge in [-0.3, -0.25) is 4.79 Å². The van der Waals surface area contributed by atoms with Crippen LogP contribution in [-0.2, 0) is 6.42 Å². The third-order valence-corrected chi connectivity index (χ3v) is 5.22. The first-order valence-corrected chi connectivity index (χ1v) is 10.0. The van der Waals surface area contributed by atoms with Crippen molar-refractivity contribution in [1.82, 2.24) is 14.7 Å². The van der Waals surface area contributed by atoms with Crippen molar-refractivity contribution in [1.29, 1.82) is 0 Å². The summed E-state index contributed by atoms with van der Waals surface area (Å²) in [6, 6.07) is 18.3. The molecule has 2 heterocycles. The molecule has 0 saturated heterocycles. The van der Waals surface area contributed by atoms with Gasteiger partial charge in [0.25, 0.3) is 5.91 Å². The number of nitrogens with one attached hydrogen (secondary N) is 1. The van der Waals surface area contributed by atoms with Crippen molar-refractivity contribution in [3.05, 3.63) is 89.4 Å². The van der Waals surface area contributed by atoms with E-state index < -0.39 is 0 Å². The van der Waals surface area contributed by atoms with Crippen LogP contribution in [-0.4, -0.2) is 28.9 Å². The zero-order valence-electron chi connectivity index (χ0n) is 17.5. The standard InChI is InChI=1S/C25H25N3O2/c1-17-13-21(14-18(2)24(17)30-3)20-9-10-23-27-22(16-28(23)15-20)25(29)26-12-11-19-7-5-4-6-8-19/h4-10,13-16H,11-12H2,1-3H3,(H,26,29). The molecule has 0 aliphatic heterocycles. The summed E-state index contributed by atoms with van der Waals surface area (Å²) in [6.45, 7) is 4.66. The fourth-order valence-corrected chi connectivity index (χ4v) is 3.77. The molecular weight excluding hydrogens is 374 g/mol. The molecule has 4 aromatic rings. The number of imidazole rings is 1. The van der Waals surface area contributed by atoms with E-state index in [-0.39, 0.29) is 5.91 Å². The van der Waals surface area contributed by atoms with Crippen molar-refractivity contribution in [2.75, 3.05) is 13.7 Å². The Morgan fingerprint density at radius 3 is 2.43 bits per heavy atom. The predicted octanol–water partition coefficient (Wildman–Crippen LogP) is 4.60. The maximum atomic E-state index is 12.5. The molecule has 0 fully saturated rings. The normalized spacial score (nSPS) is 10.9. The van der Waals surface area contributed by atoms with Crippen molar-refractivity contribution < 1.29 is 9.53 Å². The summed E-state index contributed by atoms with van der Waals surface area (Å²) < 4.78 is 7.37. The van der Waals surface area contributed by atoms with Crippen molar-refractivity contribution in [3.8, 4) is 16.9 Å². The Kier molecular flexibility index (Phi) is 5.53. The number of aryl methyl sites for hydroxylation is 2. The van der Waals surface area contributed by atoms with Gasteiger partial charge in [0, 0.05) is 18.9 Å². The Balaban J connectivity index is 1.52. The minimum atomic E-state index is -0.160. The fourth-order valence-electron chi connectivity index (χ4n) is 3.77. The van der Waals surface area contributed by atoms with Gasteiger partial charge in [-0.2, -0.15) is 0 Å². The zero-order valence-corrected chi connectivity index (χ0v) is 17.5. The number of fused-ring (bicyclic) bond motifs is 1. The van der Waals surface area contributed by atoms with Crippen LogP contribution in [0, 0.1) is 13.8 Å². The molecule has 0 aliphatic carbocycles. The Morgan fingerprint density at radius 2 is 1.73 bits per heavy atom. The minimum Gasteiger partial charge on any atom is -0.496 e. The average molecular weight is 399 g/mol. The topological polar surface area (TPSA) is 55.6 Å². The molecule has 0 aliphatic rings. The SMILES string of the molecule is COc1c(C)cc(-c2ccc3nc(C(=O)NCCc4ccccc4)cn3c2)cc1C. The first kappa shape index (κ1) is 19.7. The highest BCUT2D eigenvalue weighted by molar-refractivity contribution is 5.92. The van der Waals surface area contributed by atoms with Crippen LogP contribution in [0.4, 0.5) is 0 Å². The average Bonchev–Trinajstić information content (AvgIpc) is 3.18. The minimum absolute atomic E-state index is 0.160. The molecule has 30 heavy (non-hydrogen) atoms. The molecule has 0 atom stereocenters. The second-order valence-corrected chi connectivity index (χ2v) is 7.44. The van der Waals surface area contributed by atoms with Crippen LogP contribution < -0.4 is 10.1 Å². The third-order valence-electron chi connectivity index (χ3n) is 5.22. The molecular formula is C25H25N3O2. The van der Waals surface area contributed by atoms with Gasteiger partial charge in [0.2, 0.25) is 0 Å². The van der Waals surface area contributed by atoms with Gasteiger partial charge in [0.1, 0.15) is 17.1 Å². The molecule has 2 aromatic heterocycles. The van der Waals surface area contributed by atoms with E-state index in [1.165, 1.54) is 5.56 Å². The number of carbonyl (C=O) groups is 1. The van der Waals surface area contributed by atoms with E-state index in [9.17, 15) is 4.79 Å². The number of amides is 1. The summed E-state index contributed by atoms with van der Waals surface area (Å²) in [5, 5.41) is 2.95. The van der Waals surface area contributed by atoms with E-state index in [2.05, 4.69) is 34.6 Å². The van der Waals surface area contributed by atoms with Gasteiger partial charge in [-0.15, -0.1) is 0 Å². The lowest BCUT2D eigenvalue weighted by Crippen LogP contribution is -2.25. The summed E-state index contributed by atoms with van der Waals surface area (Å²) in [6.07, 6.45) is 4.57. The predicted molar refractivity (Wildman–Crippen MR) is 119 cm³/mol. The van der Waals surface area contributed by atoms with Crippen LogP contribution in [0.15, 0.2) is 67.0 Å². The largest absolute Gasteiger partial charge is 0.496 e. The van der Waals surface area contributed by atoms with Crippen molar-refractivity contribution in [2.45, 2.75) is 20.3 Å². The lowest BCUT2D eigenvalue weighted by Gasteiger charge is -2.11. The summed E-state index contributed by atoms with van der Waals surface area (Å²) in [5.74, 6) is 0.754. The molecule has 0 bridgehead atoms. The molecule has 1 amide bonds. The lowest BCUT2D eigenvalue weighted by molar-refractivity contribution is 0.0950. The summed E-state index contributed by atoms with van der Waals surface area (Å²) in [7, 11) is 1.69. The van der Waals surface area contributed by atoms with Gasteiger partial charge in [0.15, 0.2) is 0 Å². The van der Waals surface area contributed by atoms with Crippen LogP contribution in [0.3, 0.4) is 0 Å². The first-order chi connectivity index (χ1) is 14.5. The van der Waals surface area contributed by atoms with Crippen LogP contribution >= 0.6 is 0 Å². The second-order valence-electron chi connectivity index (χ2n) is 7.44. The number of methoxy groups -OCH3 is 1. The Morgan fingerprint density at radius 1 is 1.00 bits per heavy atom. The molecule has 0 saturated carbocycles. The van der Waals surface area contributed by atoms with Gasteiger partial charge < -0.3 is 14.5 Å². The van der Waals surface area contributed by atoms with E-state index in [0.717, 1.165) is 40.1 Å². The number of pyridine rings is 1. The van der Waals surface area contributed by atoms with Gasteiger partial charge >= 0.3 is 0 Å². The summed E-state index contributed by atoms with van der Waals surface area (Å²) in [4.78, 5) is 17.0. The third kappa shape index (κ3) is 4.06. The van der Waals surface area contributed by atoms with Crippen LogP contribution in [0.2, 0.25) is 0 Å². The van der Waals surface area contributed by atoms with E-state index in [1.807, 2.05) is 54.8 Å². The number of hydrogen-bond acceptors (Lipinski definition) is 3. The zero-order chi connectivity index (χ0) is 21.1. The van der Waals surface area contributed by atoms with Crippen molar-refractivity contribution in [2.24, 2.45) is 0 Å². The monoisotopic (exact) mass is 399 g/mol. The van der Waals surface area contributed by atoms with E-state index in [1.54, 1.807) is 13.3 Å². The number of hydrogen-bond donors (Lipinski definition) is 1. The number of carbonyl (C=O) groups excluding carboxylic acids is 1. The van der Waals surface area contributed by atoms with Crippen LogP contribution in [0.25, 0.3) is 16.8 Å². The number of aromatic nitrogens is 2. The lowest BCUT2D eigenvalue weighted by atomic mass is 10.0. The molecule has 152 valence electrons. The number of rotatable bonds is 6. The second kappa shape index (κ2) is 8.41. The molecule has 5 nitrogen and oxygen atoms in total. The highest BCUT2D eigenvalue weighted by Gasteiger charge is 2.12. The number of ether oxygens (including phenoxy) is 1. The van der Waals surface area contributed by atoms with Gasteiger partial charge in [-0.05, 0) is 72.4 Å². The first-order valence-electron chi connectivity index (χ1n) is 10.0. The Hall–Kier alpha value is -3.60. The molecule has 1 N–H and O–H groups in total. The maximum Gasteiger partial charge on any atom is 0.271 e.